The van der Waals surface area contributed by atoms with Gasteiger partial charge in [0, 0.05) is 23.7 Å². The average Bonchev–Trinajstić information content (AvgIpc) is 2.05. The molecule has 66 valence electrons. The molecule has 0 saturated carbocycles. The van der Waals surface area contributed by atoms with Gasteiger partial charge in [0.1, 0.15) is 0 Å². The fraction of sp³-hybridized carbons (Fsp3) is 0.444. The van der Waals surface area contributed by atoms with Gasteiger partial charge in [-0.2, -0.15) is 11.8 Å². The van der Waals surface area contributed by atoms with E-state index < -0.39 is 0 Å². The predicted octanol–water partition coefficient (Wildman–Crippen LogP) is 1.58. The molecule has 0 aliphatic rings. The van der Waals surface area contributed by atoms with Gasteiger partial charge in [-0.25, -0.2) is 0 Å². The van der Waals surface area contributed by atoms with Crippen molar-refractivity contribution in [2.75, 3.05) is 12.3 Å². The van der Waals surface area contributed by atoms with Crippen molar-refractivity contribution in [3.8, 4) is 0 Å². The van der Waals surface area contributed by atoms with E-state index in [2.05, 4.69) is 11.1 Å². The molecule has 0 bridgehead atoms. The van der Waals surface area contributed by atoms with Crippen molar-refractivity contribution < 1.29 is 0 Å². The molecule has 0 saturated heterocycles. The summed E-state index contributed by atoms with van der Waals surface area (Å²) in [6, 6.07) is 6.11. The van der Waals surface area contributed by atoms with Crippen LogP contribution in [0.5, 0.6) is 0 Å². The van der Waals surface area contributed by atoms with Crippen molar-refractivity contribution in [3.63, 3.8) is 0 Å². The summed E-state index contributed by atoms with van der Waals surface area (Å²) >= 11 is 1.83. The Hall–Kier alpha value is -0.540. The van der Waals surface area contributed by atoms with Crippen LogP contribution < -0.4 is 5.73 Å². The third-order valence-electron chi connectivity index (χ3n) is 1.46. The molecular formula is C9H14N2S. The van der Waals surface area contributed by atoms with Crippen molar-refractivity contribution in [1.29, 1.82) is 0 Å². The second-order valence-electron chi connectivity index (χ2n) is 2.61. The summed E-state index contributed by atoms with van der Waals surface area (Å²) in [5.41, 5.74) is 7.61. The quantitative estimate of drug-likeness (QED) is 0.719. The van der Waals surface area contributed by atoms with Crippen LogP contribution in [0.3, 0.4) is 0 Å². The van der Waals surface area contributed by atoms with Gasteiger partial charge in [-0.05, 0) is 19.1 Å². The Kier molecular flexibility index (Phi) is 4.11. The van der Waals surface area contributed by atoms with Crippen LogP contribution in [-0.4, -0.2) is 17.3 Å². The summed E-state index contributed by atoms with van der Waals surface area (Å²) in [5.74, 6) is 1.98. The Morgan fingerprint density at radius 2 is 2.33 bits per heavy atom. The molecule has 0 atom stereocenters. The first-order chi connectivity index (χ1) is 5.83. The minimum absolute atomic E-state index is 0.747. The van der Waals surface area contributed by atoms with E-state index in [1.54, 1.807) is 0 Å². The highest BCUT2D eigenvalue weighted by atomic mass is 32.2. The molecule has 0 unspecified atom stereocenters. The van der Waals surface area contributed by atoms with Gasteiger partial charge < -0.3 is 5.73 Å². The summed E-state index contributed by atoms with van der Waals surface area (Å²) < 4.78 is 0. The third kappa shape index (κ3) is 3.24. The van der Waals surface area contributed by atoms with E-state index in [1.807, 2.05) is 30.8 Å². The summed E-state index contributed by atoms with van der Waals surface area (Å²) in [6.45, 7) is 2.76. The third-order valence-corrected chi connectivity index (χ3v) is 2.48. The van der Waals surface area contributed by atoms with Crippen molar-refractivity contribution in [2.24, 2.45) is 5.73 Å². The largest absolute Gasteiger partial charge is 0.330 e. The molecule has 0 fully saturated rings. The van der Waals surface area contributed by atoms with E-state index in [4.69, 9.17) is 5.73 Å². The molecule has 0 aliphatic heterocycles. The van der Waals surface area contributed by atoms with Crippen molar-refractivity contribution in [2.45, 2.75) is 12.7 Å². The van der Waals surface area contributed by atoms with Crippen LogP contribution in [-0.2, 0) is 5.75 Å². The molecule has 0 radical (unpaired) electrons. The molecule has 1 aromatic heterocycles. The summed E-state index contributed by atoms with van der Waals surface area (Å²) in [6.07, 6.45) is 0. The van der Waals surface area contributed by atoms with Crippen LogP contribution in [0.4, 0.5) is 0 Å². The lowest BCUT2D eigenvalue weighted by molar-refractivity contribution is 1.10. The zero-order valence-electron chi connectivity index (χ0n) is 7.29. The van der Waals surface area contributed by atoms with Crippen LogP contribution in [0.25, 0.3) is 0 Å². The van der Waals surface area contributed by atoms with Crippen molar-refractivity contribution >= 4 is 11.8 Å². The van der Waals surface area contributed by atoms with Crippen LogP contribution in [0.2, 0.25) is 0 Å². The maximum absolute atomic E-state index is 5.38. The zero-order valence-corrected chi connectivity index (χ0v) is 8.10. The van der Waals surface area contributed by atoms with Crippen molar-refractivity contribution in [1.82, 2.24) is 4.98 Å². The lowest BCUT2D eigenvalue weighted by Crippen LogP contribution is -2.01. The minimum atomic E-state index is 0.747. The highest BCUT2D eigenvalue weighted by Crippen LogP contribution is 2.09. The van der Waals surface area contributed by atoms with Gasteiger partial charge in [0.2, 0.25) is 0 Å². The van der Waals surface area contributed by atoms with E-state index in [9.17, 15) is 0 Å². The first kappa shape index (κ1) is 9.55. The fourth-order valence-corrected chi connectivity index (χ4v) is 1.62. The molecule has 12 heavy (non-hydrogen) atoms. The maximum Gasteiger partial charge on any atom is 0.0505 e. The van der Waals surface area contributed by atoms with Crippen LogP contribution in [0.1, 0.15) is 11.4 Å². The number of hydrogen-bond acceptors (Lipinski definition) is 3. The van der Waals surface area contributed by atoms with Crippen molar-refractivity contribution in [3.05, 3.63) is 29.6 Å². The lowest BCUT2D eigenvalue weighted by atomic mass is 10.3. The number of aromatic nitrogens is 1. The number of pyridine rings is 1. The van der Waals surface area contributed by atoms with Gasteiger partial charge in [0.15, 0.2) is 0 Å². The highest BCUT2D eigenvalue weighted by molar-refractivity contribution is 7.98. The van der Waals surface area contributed by atoms with Gasteiger partial charge in [-0.15, -0.1) is 0 Å². The normalized spacial score (nSPS) is 10.2. The summed E-state index contributed by atoms with van der Waals surface area (Å²) in [5, 5.41) is 0. The van der Waals surface area contributed by atoms with Crippen LogP contribution in [0, 0.1) is 6.92 Å². The zero-order chi connectivity index (χ0) is 8.81. The SMILES string of the molecule is Cc1cccc(CSCCN)n1. The van der Waals surface area contributed by atoms with Gasteiger partial charge in [-0.1, -0.05) is 6.07 Å². The minimum Gasteiger partial charge on any atom is -0.330 e. The molecule has 0 spiro atoms. The summed E-state index contributed by atoms with van der Waals surface area (Å²) in [7, 11) is 0. The highest BCUT2D eigenvalue weighted by Gasteiger charge is 1.93. The Bertz CT molecular complexity index is 238. The number of hydrogen-bond donors (Lipinski definition) is 1. The number of nitrogens with two attached hydrogens (primary N) is 1. The average molecular weight is 182 g/mol. The van der Waals surface area contributed by atoms with E-state index in [0.717, 1.165) is 29.4 Å². The lowest BCUT2D eigenvalue weighted by Gasteiger charge is -2.00. The monoisotopic (exact) mass is 182 g/mol. The fourth-order valence-electron chi connectivity index (χ4n) is 0.940. The first-order valence-electron chi connectivity index (χ1n) is 4.03. The van der Waals surface area contributed by atoms with E-state index in [1.165, 1.54) is 0 Å². The molecule has 1 aromatic rings. The smallest absolute Gasteiger partial charge is 0.0505 e. The molecule has 2 N–H and O–H groups in total. The predicted molar refractivity (Wildman–Crippen MR) is 54.2 cm³/mol. The molecule has 0 aromatic carbocycles. The van der Waals surface area contributed by atoms with E-state index in [0.29, 0.717) is 0 Å². The van der Waals surface area contributed by atoms with Gasteiger partial charge in [0.25, 0.3) is 0 Å². The summed E-state index contributed by atoms with van der Waals surface area (Å²) in [4.78, 5) is 4.38. The topological polar surface area (TPSA) is 38.9 Å². The Morgan fingerprint density at radius 1 is 1.50 bits per heavy atom. The Balaban J connectivity index is 2.41. The Labute approximate surface area is 77.6 Å². The van der Waals surface area contributed by atoms with Gasteiger partial charge in [0.05, 0.1) is 5.69 Å². The number of thioether (sulfide) groups is 1. The molecule has 0 aliphatic carbocycles. The molecule has 3 heteroatoms. The Morgan fingerprint density at radius 3 is 3.00 bits per heavy atom. The number of rotatable bonds is 4. The molecule has 1 rings (SSSR count). The standard InChI is InChI=1S/C9H14N2S/c1-8-3-2-4-9(11-8)7-12-6-5-10/h2-4H,5-7,10H2,1H3. The van der Waals surface area contributed by atoms with E-state index >= 15 is 0 Å². The van der Waals surface area contributed by atoms with Crippen LogP contribution in [0.15, 0.2) is 18.2 Å². The van der Waals surface area contributed by atoms with Gasteiger partial charge in [-0.3, -0.25) is 4.98 Å². The molecule has 2 nitrogen and oxygen atoms in total. The van der Waals surface area contributed by atoms with Crippen LogP contribution >= 0.6 is 11.8 Å². The van der Waals surface area contributed by atoms with Gasteiger partial charge >= 0.3 is 0 Å². The first-order valence-corrected chi connectivity index (χ1v) is 5.19. The molecular weight excluding hydrogens is 168 g/mol. The molecule has 0 amide bonds. The molecule has 1 heterocycles. The maximum atomic E-state index is 5.38. The second kappa shape index (κ2) is 5.17. The second-order valence-corrected chi connectivity index (χ2v) is 3.72. The number of aryl methyl sites for hydroxylation is 1. The van der Waals surface area contributed by atoms with E-state index in [-0.39, 0.29) is 0 Å². The number of nitrogens with zero attached hydrogens (tertiary/aromatic N) is 1.